The molecule has 0 saturated carbocycles. The first-order valence-electron chi connectivity index (χ1n) is 7.95. The van der Waals surface area contributed by atoms with Crippen LogP contribution in [-0.4, -0.2) is 25.3 Å². The molecule has 0 unspecified atom stereocenters. The van der Waals surface area contributed by atoms with Crippen molar-refractivity contribution in [3.8, 4) is 0 Å². The number of quaternary nitrogens is 1. The molecule has 2 heterocycles. The average Bonchev–Trinajstić information content (AvgIpc) is 2.35. The van der Waals surface area contributed by atoms with Crippen LogP contribution in [0.1, 0.15) is 30.5 Å². The summed E-state index contributed by atoms with van der Waals surface area (Å²) in [6.07, 6.45) is 0.516. The number of benzene rings is 1. The van der Waals surface area contributed by atoms with E-state index in [0.717, 1.165) is 36.1 Å². The van der Waals surface area contributed by atoms with E-state index in [0.29, 0.717) is 5.58 Å². The van der Waals surface area contributed by atoms with E-state index in [4.69, 9.17) is 9.15 Å². The van der Waals surface area contributed by atoms with E-state index in [9.17, 15) is 4.79 Å². The number of hydrogen-bond acceptors (Lipinski definition) is 3. The Hall–Kier alpha value is -1.65. The van der Waals surface area contributed by atoms with Crippen molar-refractivity contribution in [2.75, 3.05) is 13.1 Å². The molecule has 1 aliphatic heterocycles. The summed E-state index contributed by atoms with van der Waals surface area (Å²) in [5, 5.41) is 1.09. The molecule has 0 radical (unpaired) electrons. The summed E-state index contributed by atoms with van der Waals surface area (Å²) in [7, 11) is 0. The molecule has 22 heavy (non-hydrogen) atoms. The lowest BCUT2D eigenvalue weighted by molar-refractivity contribution is -0.928. The Labute approximate surface area is 130 Å². The van der Waals surface area contributed by atoms with Gasteiger partial charge in [-0.05, 0) is 44.9 Å². The van der Waals surface area contributed by atoms with E-state index in [1.807, 2.05) is 13.0 Å². The highest BCUT2D eigenvalue weighted by Crippen LogP contribution is 2.22. The predicted molar refractivity (Wildman–Crippen MR) is 86.4 cm³/mol. The maximum Gasteiger partial charge on any atom is 0.336 e. The van der Waals surface area contributed by atoms with Crippen molar-refractivity contribution >= 4 is 11.0 Å². The highest BCUT2D eigenvalue weighted by atomic mass is 16.5. The second-order valence-electron chi connectivity index (χ2n) is 6.64. The fraction of sp³-hybridized carbons (Fsp3) is 0.500. The van der Waals surface area contributed by atoms with Gasteiger partial charge < -0.3 is 14.1 Å². The van der Waals surface area contributed by atoms with Crippen LogP contribution in [0.5, 0.6) is 0 Å². The molecule has 0 aliphatic carbocycles. The summed E-state index contributed by atoms with van der Waals surface area (Å²) in [5.74, 6) is 0. The molecule has 118 valence electrons. The molecule has 1 aromatic carbocycles. The number of ether oxygens (including phenoxy) is 1. The second-order valence-corrected chi connectivity index (χ2v) is 6.64. The predicted octanol–water partition coefficient (Wildman–Crippen LogP) is 1.60. The Balaban J connectivity index is 2.01. The van der Waals surface area contributed by atoms with E-state index >= 15 is 0 Å². The van der Waals surface area contributed by atoms with Gasteiger partial charge in [0.2, 0.25) is 0 Å². The van der Waals surface area contributed by atoms with Gasteiger partial charge in [-0.15, -0.1) is 0 Å². The maximum absolute atomic E-state index is 11.9. The fourth-order valence-electron chi connectivity index (χ4n) is 3.72. The summed E-state index contributed by atoms with van der Waals surface area (Å²) < 4.78 is 11.2. The standard InChI is InChI=1S/C18H23NO3/c1-11-5-12(2)18-15(7-17(20)22-16(18)6-11)10-19-8-13(3)21-14(4)9-19/h5-7,13-14H,8-10H2,1-4H3/p+1/t13-,14-/m0/s1. The van der Waals surface area contributed by atoms with Gasteiger partial charge in [-0.3, -0.25) is 0 Å². The average molecular weight is 302 g/mol. The first-order chi connectivity index (χ1) is 10.4. The fourth-order valence-corrected chi connectivity index (χ4v) is 3.72. The molecule has 2 atom stereocenters. The van der Waals surface area contributed by atoms with Crippen LogP contribution >= 0.6 is 0 Å². The van der Waals surface area contributed by atoms with Crippen LogP contribution in [0.4, 0.5) is 0 Å². The lowest BCUT2D eigenvalue weighted by atomic mass is 10.0. The van der Waals surface area contributed by atoms with Gasteiger partial charge in [0.1, 0.15) is 37.4 Å². The third-order valence-electron chi connectivity index (χ3n) is 4.32. The summed E-state index contributed by atoms with van der Waals surface area (Å²) in [6, 6.07) is 5.75. The Morgan fingerprint density at radius 2 is 1.82 bits per heavy atom. The smallest absolute Gasteiger partial charge is 0.336 e. The number of morpholine rings is 1. The molecule has 1 aliphatic rings. The van der Waals surface area contributed by atoms with Gasteiger partial charge in [0, 0.05) is 17.0 Å². The van der Waals surface area contributed by atoms with Gasteiger partial charge in [-0.2, -0.15) is 0 Å². The normalized spacial score (nSPS) is 25.5. The third kappa shape index (κ3) is 3.08. The Morgan fingerprint density at radius 3 is 2.50 bits per heavy atom. The monoisotopic (exact) mass is 302 g/mol. The van der Waals surface area contributed by atoms with E-state index in [1.54, 1.807) is 6.07 Å². The molecule has 1 saturated heterocycles. The molecular weight excluding hydrogens is 278 g/mol. The first-order valence-corrected chi connectivity index (χ1v) is 7.95. The zero-order valence-electron chi connectivity index (χ0n) is 13.7. The van der Waals surface area contributed by atoms with Crippen molar-refractivity contribution in [2.24, 2.45) is 0 Å². The van der Waals surface area contributed by atoms with Gasteiger partial charge in [-0.1, -0.05) is 6.07 Å². The lowest BCUT2D eigenvalue weighted by Gasteiger charge is -2.32. The maximum atomic E-state index is 11.9. The highest BCUT2D eigenvalue weighted by Gasteiger charge is 2.26. The van der Waals surface area contributed by atoms with Crippen LogP contribution in [0.3, 0.4) is 0 Å². The zero-order valence-corrected chi connectivity index (χ0v) is 13.7. The van der Waals surface area contributed by atoms with Crippen LogP contribution in [-0.2, 0) is 11.3 Å². The number of rotatable bonds is 2. The highest BCUT2D eigenvalue weighted by molar-refractivity contribution is 5.84. The molecule has 4 nitrogen and oxygen atoms in total. The van der Waals surface area contributed by atoms with Gasteiger partial charge >= 0.3 is 5.63 Å². The van der Waals surface area contributed by atoms with E-state index in [1.165, 1.54) is 10.5 Å². The molecule has 0 amide bonds. The largest absolute Gasteiger partial charge is 0.423 e. The second kappa shape index (κ2) is 5.86. The minimum absolute atomic E-state index is 0.258. The zero-order chi connectivity index (χ0) is 15.9. The van der Waals surface area contributed by atoms with Gasteiger partial charge in [-0.25, -0.2) is 4.79 Å². The number of aryl methyl sites for hydroxylation is 2. The lowest BCUT2D eigenvalue weighted by Crippen LogP contribution is -3.14. The van der Waals surface area contributed by atoms with Crippen molar-refractivity contribution in [1.82, 2.24) is 0 Å². The van der Waals surface area contributed by atoms with Crippen LogP contribution < -0.4 is 10.5 Å². The van der Waals surface area contributed by atoms with Crippen molar-refractivity contribution in [1.29, 1.82) is 0 Å². The van der Waals surface area contributed by atoms with Crippen molar-refractivity contribution in [2.45, 2.75) is 46.4 Å². The summed E-state index contributed by atoms with van der Waals surface area (Å²) >= 11 is 0. The number of fused-ring (bicyclic) bond motifs is 1. The van der Waals surface area contributed by atoms with Crippen molar-refractivity contribution < 1.29 is 14.1 Å². The van der Waals surface area contributed by atoms with Gasteiger partial charge in [0.05, 0.1) is 0 Å². The number of hydrogen-bond donors (Lipinski definition) is 1. The van der Waals surface area contributed by atoms with E-state index in [-0.39, 0.29) is 17.8 Å². The number of nitrogens with one attached hydrogen (secondary N) is 1. The quantitative estimate of drug-likeness (QED) is 0.857. The van der Waals surface area contributed by atoms with Crippen LogP contribution in [0.15, 0.2) is 27.4 Å². The summed E-state index contributed by atoms with van der Waals surface area (Å²) in [4.78, 5) is 13.4. The molecule has 4 heteroatoms. The molecule has 0 spiro atoms. The molecule has 2 aromatic rings. The van der Waals surface area contributed by atoms with Crippen LogP contribution in [0, 0.1) is 13.8 Å². The molecule has 1 fully saturated rings. The molecule has 1 aromatic heterocycles. The third-order valence-corrected chi connectivity index (χ3v) is 4.32. The van der Waals surface area contributed by atoms with E-state index < -0.39 is 0 Å². The van der Waals surface area contributed by atoms with Gasteiger partial charge in [0.25, 0.3) is 0 Å². The Kier molecular flexibility index (Phi) is 4.06. The Bertz CT molecular complexity index is 740. The summed E-state index contributed by atoms with van der Waals surface area (Å²) in [6.45, 7) is 11.1. The van der Waals surface area contributed by atoms with Crippen LogP contribution in [0.25, 0.3) is 11.0 Å². The molecule has 0 bridgehead atoms. The van der Waals surface area contributed by atoms with Crippen molar-refractivity contribution in [3.63, 3.8) is 0 Å². The minimum Gasteiger partial charge on any atom is -0.423 e. The van der Waals surface area contributed by atoms with Gasteiger partial charge in [0.15, 0.2) is 0 Å². The van der Waals surface area contributed by atoms with Crippen molar-refractivity contribution in [3.05, 3.63) is 45.3 Å². The first kappa shape index (κ1) is 15.3. The topological polar surface area (TPSA) is 43.9 Å². The van der Waals surface area contributed by atoms with Crippen LogP contribution in [0.2, 0.25) is 0 Å². The van der Waals surface area contributed by atoms with E-state index in [2.05, 4.69) is 26.8 Å². The molecule has 3 rings (SSSR count). The SMILES string of the molecule is Cc1cc(C)c2c(C[NH+]3C[C@H](C)O[C@@H](C)C3)cc(=O)oc2c1. The summed E-state index contributed by atoms with van der Waals surface area (Å²) in [5.41, 5.74) is 3.81. The molecule has 1 N–H and O–H groups in total. The Morgan fingerprint density at radius 1 is 1.14 bits per heavy atom. The minimum atomic E-state index is -0.263. The molecular formula is C18H24NO3+.